The van der Waals surface area contributed by atoms with Crippen LogP contribution in [0.3, 0.4) is 0 Å². The van der Waals surface area contributed by atoms with Gasteiger partial charge in [-0.2, -0.15) is 13.2 Å². The summed E-state index contributed by atoms with van der Waals surface area (Å²) in [5.74, 6) is -0.581. The van der Waals surface area contributed by atoms with Crippen molar-refractivity contribution in [2.45, 2.75) is 11.1 Å². The number of benzene rings is 3. The average molecular weight is 396 g/mol. The first-order valence-corrected chi connectivity index (χ1v) is 8.98. The topological polar surface area (TPSA) is 29.1 Å². The lowest BCUT2D eigenvalue weighted by atomic mass is 10.1. The molecule has 0 fully saturated rings. The Labute approximate surface area is 157 Å². The summed E-state index contributed by atoms with van der Waals surface area (Å²) in [7, 11) is 0. The number of carbonyl (C=O) groups excluding carboxylic acids is 1. The number of rotatable bonds is 4. The summed E-state index contributed by atoms with van der Waals surface area (Å²) >= 11 is 7.09. The van der Waals surface area contributed by atoms with Crippen molar-refractivity contribution in [1.29, 1.82) is 0 Å². The van der Waals surface area contributed by atoms with E-state index in [9.17, 15) is 18.0 Å². The fourth-order valence-electron chi connectivity index (χ4n) is 2.47. The van der Waals surface area contributed by atoms with Gasteiger partial charge in [-0.15, -0.1) is 11.8 Å². The third-order valence-corrected chi connectivity index (χ3v) is 4.98. The second-order valence-corrected chi connectivity index (χ2v) is 6.96. The molecule has 0 aliphatic rings. The lowest BCUT2D eigenvalue weighted by molar-refractivity contribution is -0.137. The Morgan fingerprint density at radius 3 is 2.46 bits per heavy atom. The first kappa shape index (κ1) is 18.6. The van der Waals surface area contributed by atoms with E-state index >= 15 is 0 Å². The number of hydrogen-bond donors (Lipinski definition) is 1. The number of fused-ring (bicyclic) bond motifs is 1. The predicted octanol–water partition coefficient (Wildman–Crippen LogP) is 6.24. The standard InChI is InChI=1S/C19H13ClF3NOS/c20-16-7-3-6-15(19(21,22)23)18(16)24-17(25)11-26-14-9-8-12-4-1-2-5-13(12)10-14/h1-10H,11H2,(H,24,25). The Balaban J connectivity index is 1.71. The molecule has 0 bridgehead atoms. The van der Waals surface area contributed by atoms with Crippen molar-refractivity contribution in [2.75, 3.05) is 11.1 Å². The van der Waals surface area contributed by atoms with Crippen molar-refractivity contribution in [2.24, 2.45) is 0 Å². The first-order chi connectivity index (χ1) is 12.3. The van der Waals surface area contributed by atoms with Crippen LogP contribution in [-0.4, -0.2) is 11.7 Å². The van der Waals surface area contributed by atoms with Crippen molar-refractivity contribution >= 4 is 45.7 Å². The van der Waals surface area contributed by atoms with Crippen molar-refractivity contribution < 1.29 is 18.0 Å². The van der Waals surface area contributed by atoms with E-state index in [-0.39, 0.29) is 10.8 Å². The minimum atomic E-state index is -4.60. The van der Waals surface area contributed by atoms with Crippen LogP contribution in [0, 0.1) is 0 Å². The Bertz CT molecular complexity index is 959. The van der Waals surface area contributed by atoms with Crippen LogP contribution >= 0.6 is 23.4 Å². The number of halogens is 4. The van der Waals surface area contributed by atoms with Gasteiger partial charge in [-0.05, 0) is 35.0 Å². The third kappa shape index (κ3) is 4.31. The highest BCUT2D eigenvalue weighted by Gasteiger charge is 2.34. The number of para-hydroxylation sites is 1. The molecule has 0 atom stereocenters. The van der Waals surface area contributed by atoms with Crippen LogP contribution in [0.2, 0.25) is 5.02 Å². The second kappa shape index (κ2) is 7.60. The maximum absolute atomic E-state index is 13.1. The number of carbonyl (C=O) groups is 1. The highest BCUT2D eigenvalue weighted by atomic mass is 35.5. The molecule has 134 valence electrons. The van der Waals surface area contributed by atoms with E-state index in [4.69, 9.17) is 11.6 Å². The van der Waals surface area contributed by atoms with Gasteiger partial charge in [0.15, 0.2) is 0 Å². The predicted molar refractivity (Wildman–Crippen MR) is 99.8 cm³/mol. The molecule has 0 aromatic heterocycles. The van der Waals surface area contributed by atoms with Gasteiger partial charge in [0.05, 0.1) is 22.0 Å². The number of anilines is 1. The summed E-state index contributed by atoms with van der Waals surface area (Å²) in [5.41, 5.74) is -1.38. The van der Waals surface area contributed by atoms with Crippen molar-refractivity contribution in [3.05, 3.63) is 71.2 Å². The molecule has 0 saturated heterocycles. The molecule has 0 radical (unpaired) electrons. The van der Waals surface area contributed by atoms with Crippen LogP contribution in [-0.2, 0) is 11.0 Å². The van der Waals surface area contributed by atoms with Crippen LogP contribution in [0.4, 0.5) is 18.9 Å². The number of nitrogens with one attached hydrogen (secondary N) is 1. The highest BCUT2D eigenvalue weighted by Crippen LogP contribution is 2.38. The maximum atomic E-state index is 13.1. The Hall–Kier alpha value is -2.18. The fraction of sp³-hybridized carbons (Fsp3) is 0.105. The molecule has 0 heterocycles. The molecule has 2 nitrogen and oxygen atoms in total. The zero-order valence-corrected chi connectivity index (χ0v) is 14.9. The third-order valence-electron chi connectivity index (χ3n) is 3.67. The zero-order valence-electron chi connectivity index (χ0n) is 13.3. The minimum absolute atomic E-state index is 0.0269. The van der Waals surface area contributed by atoms with Crippen LogP contribution in [0.1, 0.15) is 5.56 Å². The molecule has 0 saturated carbocycles. The monoisotopic (exact) mass is 395 g/mol. The maximum Gasteiger partial charge on any atom is 0.418 e. The fourth-order valence-corrected chi connectivity index (χ4v) is 3.44. The molecule has 0 spiro atoms. The number of amides is 1. The van der Waals surface area contributed by atoms with Crippen molar-refractivity contribution in [3.63, 3.8) is 0 Å². The number of thioether (sulfide) groups is 1. The van der Waals surface area contributed by atoms with Gasteiger partial charge in [0.2, 0.25) is 5.91 Å². The van der Waals surface area contributed by atoms with Crippen LogP contribution < -0.4 is 5.32 Å². The summed E-state index contributed by atoms with van der Waals surface area (Å²) in [4.78, 5) is 13.0. The Morgan fingerprint density at radius 1 is 1.00 bits per heavy atom. The Morgan fingerprint density at radius 2 is 1.73 bits per heavy atom. The van der Waals surface area contributed by atoms with E-state index in [1.807, 2.05) is 42.5 Å². The zero-order chi connectivity index (χ0) is 18.7. The molecular weight excluding hydrogens is 383 g/mol. The smallest absolute Gasteiger partial charge is 0.324 e. The van der Waals surface area contributed by atoms with E-state index in [0.29, 0.717) is 0 Å². The summed E-state index contributed by atoms with van der Waals surface area (Å²) in [6.07, 6.45) is -4.60. The molecule has 7 heteroatoms. The van der Waals surface area contributed by atoms with Gasteiger partial charge < -0.3 is 5.32 Å². The molecule has 3 rings (SSSR count). The molecule has 26 heavy (non-hydrogen) atoms. The quantitative estimate of drug-likeness (QED) is 0.529. The molecule has 0 aliphatic heterocycles. The van der Waals surface area contributed by atoms with Gasteiger partial charge in [0.25, 0.3) is 0 Å². The average Bonchev–Trinajstić information content (AvgIpc) is 2.60. The largest absolute Gasteiger partial charge is 0.418 e. The van der Waals surface area contributed by atoms with Gasteiger partial charge in [-0.1, -0.05) is 48.0 Å². The molecule has 3 aromatic carbocycles. The highest BCUT2D eigenvalue weighted by molar-refractivity contribution is 8.00. The molecule has 1 N–H and O–H groups in total. The minimum Gasteiger partial charge on any atom is -0.324 e. The summed E-state index contributed by atoms with van der Waals surface area (Å²) < 4.78 is 39.2. The lowest BCUT2D eigenvalue weighted by Gasteiger charge is -2.15. The van der Waals surface area contributed by atoms with Gasteiger partial charge in [0, 0.05) is 4.90 Å². The van der Waals surface area contributed by atoms with Crippen LogP contribution in [0.25, 0.3) is 10.8 Å². The lowest BCUT2D eigenvalue weighted by Crippen LogP contribution is -2.18. The Kier molecular flexibility index (Phi) is 5.44. The first-order valence-electron chi connectivity index (χ1n) is 7.62. The van der Waals surface area contributed by atoms with E-state index < -0.39 is 23.3 Å². The van der Waals surface area contributed by atoms with Crippen LogP contribution in [0.15, 0.2) is 65.6 Å². The second-order valence-electron chi connectivity index (χ2n) is 5.51. The summed E-state index contributed by atoms with van der Waals surface area (Å²) in [6.45, 7) is 0. The van der Waals surface area contributed by atoms with E-state index in [0.717, 1.165) is 21.7 Å². The van der Waals surface area contributed by atoms with Crippen molar-refractivity contribution in [1.82, 2.24) is 0 Å². The van der Waals surface area contributed by atoms with E-state index in [1.54, 1.807) is 0 Å². The molecule has 3 aromatic rings. The SMILES string of the molecule is O=C(CSc1ccc2ccccc2c1)Nc1c(Cl)cccc1C(F)(F)F. The van der Waals surface area contributed by atoms with Gasteiger partial charge in [-0.3, -0.25) is 4.79 Å². The molecule has 0 unspecified atom stereocenters. The van der Waals surface area contributed by atoms with Crippen LogP contribution in [0.5, 0.6) is 0 Å². The van der Waals surface area contributed by atoms with E-state index in [1.165, 1.54) is 23.9 Å². The summed E-state index contributed by atoms with van der Waals surface area (Å²) in [6, 6.07) is 16.9. The van der Waals surface area contributed by atoms with Gasteiger partial charge in [0.1, 0.15) is 0 Å². The summed E-state index contributed by atoms with van der Waals surface area (Å²) in [5, 5.41) is 4.24. The number of alkyl halides is 3. The van der Waals surface area contributed by atoms with Gasteiger partial charge >= 0.3 is 6.18 Å². The normalized spacial score (nSPS) is 11.5. The van der Waals surface area contributed by atoms with E-state index in [2.05, 4.69) is 5.32 Å². The molecule has 1 amide bonds. The van der Waals surface area contributed by atoms with Gasteiger partial charge in [-0.25, -0.2) is 0 Å². The van der Waals surface area contributed by atoms with Crippen molar-refractivity contribution in [3.8, 4) is 0 Å². The number of hydrogen-bond acceptors (Lipinski definition) is 2. The molecule has 0 aliphatic carbocycles. The molecular formula is C19H13ClF3NOS.